The van der Waals surface area contributed by atoms with Crippen LogP contribution in [0.1, 0.15) is 24.2 Å². The van der Waals surface area contributed by atoms with Crippen LogP contribution in [-0.2, 0) is 19.6 Å². The maximum Gasteiger partial charge on any atom is 0.338 e. The summed E-state index contributed by atoms with van der Waals surface area (Å²) in [7, 11) is -3.82. The highest BCUT2D eigenvalue weighted by Crippen LogP contribution is 2.26. The van der Waals surface area contributed by atoms with Crippen LogP contribution in [0, 0.1) is 11.6 Å². The average Bonchev–Trinajstić information content (AvgIpc) is 2.61. The van der Waals surface area contributed by atoms with Gasteiger partial charge >= 0.3 is 5.97 Å². The predicted octanol–water partition coefficient (Wildman–Crippen LogP) is 3.21. The van der Waals surface area contributed by atoms with Crippen LogP contribution >= 0.6 is 15.9 Å². The van der Waals surface area contributed by atoms with E-state index in [1.807, 2.05) is 0 Å². The van der Waals surface area contributed by atoms with Crippen LogP contribution in [0.2, 0.25) is 0 Å². The molecule has 0 bridgehead atoms. The Bertz CT molecular complexity index is 1020. The molecule has 11 heteroatoms. The van der Waals surface area contributed by atoms with Crippen LogP contribution in [0.4, 0.5) is 14.5 Å². The fraction of sp³-hybridized carbons (Fsp3) is 0.222. The summed E-state index contributed by atoms with van der Waals surface area (Å²) in [6.07, 6.45) is 0. The van der Waals surface area contributed by atoms with E-state index < -0.39 is 40.1 Å². The molecule has 0 aliphatic carbocycles. The Morgan fingerprint density at radius 1 is 1.17 bits per heavy atom. The Morgan fingerprint density at radius 2 is 1.86 bits per heavy atom. The van der Waals surface area contributed by atoms with E-state index >= 15 is 0 Å². The van der Waals surface area contributed by atoms with E-state index in [4.69, 9.17) is 4.74 Å². The first-order valence-corrected chi connectivity index (χ1v) is 10.5. The largest absolute Gasteiger partial charge is 0.452 e. The molecule has 0 saturated heterocycles. The number of benzene rings is 2. The molecule has 2 rings (SSSR count). The van der Waals surface area contributed by atoms with Crippen LogP contribution in [0.3, 0.4) is 0 Å². The summed E-state index contributed by atoms with van der Waals surface area (Å²) in [6, 6.07) is 6.31. The molecule has 1 amide bonds. The summed E-state index contributed by atoms with van der Waals surface area (Å²) < 4.78 is 58.4. The summed E-state index contributed by atoms with van der Waals surface area (Å²) in [5.74, 6) is -3.65. The minimum atomic E-state index is -3.82. The molecule has 2 aromatic rings. The number of hydrogen-bond donors (Lipinski definition) is 2. The molecular formula is C18H17BrF2N2O5S. The topological polar surface area (TPSA) is 102 Å². The molecule has 0 unspecified atom stereocenters. The Morgan fingerprint density at radius 3 is 2.48 bits per heavy atom. The number of esters is 1. The molecule has 0 atom stereocenters. The minimum absolute atomic E-state index is 0.0229. The highest BCUT2D eigenvalue weighted by molar-refractivity contribution is 9.10. The molecule has 0 saturated carbocycles. The quantitative estimate of drug-likeness (QED) is 0.580. The average molecular weight is 491 g/mol. The third kappa shape index (κ3) is 6.31. The van der Waals surface area contributed by atoms with Crippen molar-refractivity contribution in [2.24, 2.45) is 0 Å². The molecule has 0 aliphatic heterocycles. The number of sulfonamides is 1. The van der Waals surface area contributed by atoms with Crippen LogP contribution in [0.5, 0.6) is 0 Å². The second-order valence-electron chi connectivity index (χ2n) is 6.17. The third-order valence-corrected chi connectivity index (χ3v) is 5.66. The number of carbonyl (C=O) groups excluding carboxylic acids is 2. The Hall–Kier alpha value is -2.37. The van der Waals surface area contributed by atoms with Gasteiger partial charge < -0.3 is 10.1 Å². The second-order valence-corrected chi connectivity index (χ2v) is 8.74. The lowest BCUT2D eigenvalue weighted by atomic mass is 10.2. The lowest BCUT2D eigenvalue weighted by Gasteiger charge is -2.11. The Labute approximate surface area is 174 Å². The van der Waals surface area contributed by atoms with Crippen molar-refractivity contribution < 1.29 is 31.5 Å². The number of ether oxygens (including phenoxy) is 1. The number of amides is 1. The van der Waals surface area contributed by atoms with Crippen molar-refractivity contribution in [3.05, 3.63) is 58.1 Å². The van der Waals surface area contributed by atoms with E-state index in [1.54, 1.807) is 13.8 Å². The summed E-state index contributed by atoms with van der Waals surface area (Å²) >= 11 is 2.92. The molecule has 156 valence electrons. The summed E-state index contributed by atoms with van der Waals surface area (Å²) in [5, 5.41) is 2.16. The first kappa shape index (κ1) is 22.9. The number of carbonyl (C=O) groups is 2. The van der Waals surface area contributed by atoms with Gasteiger partial charge in [0.05, 0.1) is 16.1 Å². The van der Waals surface area contributed by atoms with Crippen molar-refractivity contribution in [1.29, 1.82) is 0 Å². The fourth-order valence-corrected chi connectivity index (χ4v) is 4.02. The molecule has 2 N–H and O–H groups in total. The van der Waals surface area contributed by atoms with Gasteiger partial charge in [-0.3, -0.25) is 4.79 Å². The van der Waals surface area contributed by atoms with Gasteiger partial charge in [-0.2, -0.15) is 0 Å². The zero-order valence-electron chi connectivity index (χ0n) is 15.3. The summed E-state index contributed by atoms with van der Waals surface area (Å²) in [6.45, 7) is 2.54. The zero-order valence-corrected chi connectivity index (χ0v) is 17.7. The number of anilines is 1. The smallest absolute Gasteiger partial charge is 0.338 e. The van der Waals surface area contributed by atoms with Crippen molar-refractivity contribution in [2.45, 2.75) is 24.8 Å². The molecule has 0 aromatic heterocycles. The third-order valence-electron chi connectivity index (χ3n) is 3.38. The van der Waals surface area contributed by atoms with Crippen molar-refractivity contribution in [3.8, 4) is 0 Å². The van der Waals surface area contributed by atoms with Gasteiger partial charge in [0.2, 0.25) is 10.0 Å². The lowest BCUT2D eigenvalue weighted by molar-refractivity contribution is -0.119. The minimum Gasteiger partial charge on any atom is -0.452 e. The molecule has 2 aromatic carbocycles. The summed E-state index contributed by atoms with van der Waals surface area (Å²) in [4.78, 5) is 23.9. The van der Waals surface area contributed by atoms with Gasteiger partial charge in [0.15, 0.2) is 12.4 Å². The van der Waals surface area contributed by atoms with E-state index in [-0.39, 0.29) is 26.7 Å². The second kappa shape index (κ2) is 9.42. The predicted molar refractivity (Wildman–Crippen MR) is 105 cm³/mol. The van der Waals surface area contributed by atoms with Gasteiger partial charge in [-0.1, -0.05) is 6.07 Å². The SMILES string of the molecule is CC(C)NS(=O)(=O)c1cccc(C(=O)OCC(=O)Nc2c(F)cc(F)cc2Br)c1. The number of nitrogens with one attached hydrogen (secondary N) is 2. The monoisotopic (exact) mass is 490 g/mol. The standard InChI is InChI=1S/C18H17BrF2N2O5S/c1-10(2)23-29(26,27)13-5-3-4-11(6-13)18(25)28-9-16(24)22-17-14(19)7-12(20)8-15(17)21/h3-8,10,23H,9H2,1-2H3,(H,22,24). The fourth-order valence-electron chi connectivity index (χ4n) is 2.22. The van der Waals surface area contributed by atoms with Gasteiger partial charge in [-0.25, -0.2) is 26.7 Å². The van der Waals surface area contributed by atoms with Gasteiger partial charge in [0.25, 0.3) is 5.91 Å². The molecule has 0 fully saturated rings. The van der Waals surface area contributed by atoms with Crippen molar-refractivity contribution >= 4 is 43.5 Å². The van der Waals surface area contributed by atoms with Crippen LogP contribution in [0.15, 0.2) is 45.8 Å². The Balaban J connectivity index is 2.04. The lowest BCUT2D eigenvalue weighted by Crippen LogP contribution is -2.30. The van der Waals surface area contributed by atoms with E-state index in [0.717, 1.165) is 12.1 Å². The van der Waals surface area contributed by atoms with Crippen LogP contribution in [0.25, 0.3) is 0 Å². The van der Waals surface area contributed by atoms with Crippen molar-refractivity contribution in [2.75, 3.05) is 11.9 Å². The highest BCUT2D eigenvalue weighted by Gasteiger charge is 2.19. The highest BCUT2D eigenvalue weighted by atomic mass is 79.9. The van der Waals surface area contributed by atoms with Gasteiger partial charge in [-0.05, 0) is 54.0 Å². The van der Waals surface area contributed by atoms with E-state index in [9.17, 15) is 26.8 Å². The maximum absolute atomic E-state index is 13.7. The number of rotatable bonds is 7. The van der Waals surface area contributed by atoms with Crippen LogP contribution in [-0.4, -0.2) is 32.9 Å². The van der Waals surface area contributed by atoms with Gasteiger partial charge in [-0.15, -0.1) is 0 Å². The molecular weight excluding hydrogens is 474 g/mol. The molecule has 29 heavy (non-hydrogen) atoms. The summed E-state index contributed by atoms with van der Waals surface area (Å²) in [5.41, 5.74) is -0.390. The number of hydrogen-bond acceptors (Lipinski definition) is 5. The van der Waals surface area contributed by atoms with Crippen molar-refractivity contribution in [1.82, 2.24) is 4.72 Å². The van der Waals surface area contributed by atoms with Gasteiger partial charge in [0, 0.05) is 16.6 Å². The molecule has 0 heterocycles. The molecule has 0 spiro atoms. The van der Waals surface area contributed by atoms with E-state index in [2.05, 4.69) is 26.0 Å². The van der Waals surface area contributed by atoms with E-state index in [0.29, 0.717) is 6.07 Å². The van der Waals surface area contributed by atoms with Gasteiger partial charge in [0.1, 0.15) is 5.82 Å². The maximum atomic E-state index is 13.7. The molecule has 7 nitrogen and oxygen atoms in total. The first-order valence-electron chi connectivity index (χ1n) is 8.23. The molecule has 0 aliphatic rings. The normalized spacial score (nSPS) is 11.4. The number of halogens is 3. The molecule has 0 radical (unpaired) electrons. The van der Waals surface area contributed by atoms with Crippen LogP contribution < -0.4 is 10.0 Å². The first-order chi connectivity index (χ1) is 13.5. The zero-order chi connectivity index (χ0) is 21.8. The van der Waals surface area contributed by atoms with E-state index in [1.165, 1.54) is 18.2 Å². The Kier molecular flexibility index (Phi) is 7.44. The van der Waals surface area contributed by atoms with Crippen molar-refractivity contribution in [3.63, 3.8) is 0 Å².